The van der Waals surface area contributed by atoms with E-state index in [0.717, 1.165) is 0 Å². The predicted octanol–water partition coefficient (Wildman–Crippen LogP) is 2.47. The fraction of sp³-hybridized carbons (Fsp3) is 0.667. The maximum absolute atomic E-state index is 12.0. The molecule has 1 heterocycles. The van der Waals surface area contributed by atoms with Crippen molar-refractivity contribution < 1.29 is 14.3 Å². The molecule has 2 rings (SSSR count). The Morgan fingerprint density at radius 1 is 1.47 bits per heavy atom. The van der Waals surface area contributed by atoms with E-state index < -0.39 is 11.7 Å². The van der Waals surface area contributed by atoms with Gasteiger partial charge in [0.1, 0.15) is 5.60 Å². The Balaban J connectivity index is 2.17. The van der Waals surface area contributed by atoms with Crippen molar-refractivity contribution in [1.82, 2.24) is 4.90 Å². The molecule has 1 fully saturated rings. The number of nitrogens with zero attached hydrogens (tertiary/aromatic N) is 1. The first-order valence-electron chi connectivity index (χ1n) is 5.68. The number of carbonyl (C=O) groups is 2. The Morgan fingerprint density at radius 3 is 2.71 bits per heavy atom. The summed E-state index contributed by atoms with van der Waals surface area (Å²) in [6, 6.07) is -0.118. The van der Waals surface area contributed by atoms with Crippen molar-refractivity contribution in [2.45, 2.75) is 43.7 Å². The molecule has 1 aliphatic carbocycles. The third kappa shape index (κ3) is 2.39. The number of likely N-dealkylation sites (tertiary alicyclic amines) is 1. The highest BCUT2D eigenvalue weighted by atomic mass is 79.9. The molecule has 0 aromatic heterocycles. The van der Waals surface area contributed by atoms with Crippen LogP contribution in [0.1, 0.15) is 27.2 Å². The molecule has 17 heavy (non-hydrogen) atoms. The summed E-state index contributed by atoms with van der Waals surface area (Å²) in [7, 11) is 0. The summed E-state index contributed by atoms with van der Waals surface area (Å²) < 4.78 is 5.27. The van der Waals surface area contributed by atoms with E-state index in [1.165, 1.54) is 4.90 Å². The third-order valence-corrected chi connectivity index (χ3v) is 3.78. The van der Waals surface area contributed by atoms with E-state index in [2.05, 4.69) is 15.9 Å². The highest BCUT2D eigenvalue weighted by Gasteiger charge is 2.48. The van der Waals surface area contributed by atoms with Gasteiger partial charge in [0.15, 0.2) is 0 Å². The first-order chi connectivity index (χ1) is 7.79. The van der Waals surface area contributed by atoms with Gasteiger partial charge in [0.25, 0.3) is 0 Å². The largest absolute Gasteiger partial charge is 0.443 e. The van der Waals surface area contributed by atoms with Gasteiger partial charge in [-0.15, -0.1) is 0 Å². The molecule has 2 bridgehead atoms. The molecule has 0 radical (unpaired) electrons. The van der Waals surface area contributed by atoms with Crippen LogP contribution in [-0.4, -0.2) is 33.4 Å². The van der Waals surface area contributed by atoms with Crippen LogP contribution in [0.25, 0.3) is 0 Å². The van der Waals surface area contributed by atoms with Gasteiger partial charge < -0.3 is 4.74 Å². The molecule has 0 saturated carbocycles. The lowest BCUT2D eigenvalue weighted by Crippen LogP contribution is -2.45. The summed E-state index contributed by atoms with van der Waals surface area (Å²) in [6.07, 6.45) is 3.94. The van der Waals surface area contributed by atoms with E-state index in [9.17, 15) is 9.59 Å². The molecule has 0 spiro atoms. The van der Waals surface area contributed by atoms with Gasteiger partial charge in [-0.3, -0.25) is 4.79 Å². The normalized spacial score (nSPS) is 31.9. The Kier molecular flexibility index (Phi) is 3.06. The standard InChI is InChI=1S/C12H16BrNO3/c1-12(2,3)17-11(16)14-9-6-7(10(14)15)4-5-8(9)13/h4-5,7-9H,6H2,1-3H3/t7-,8-,9-/m0/s1. The number of hydrogen-bond donors (Lipinski definition) is 0. The number of hydrogen-bond acceptors (Lipinski definition) is 3. The molecule has 3 atom stereocenters. The lowest BCUT2D eigenvalue weighted by molar-refractivity contribution is -0.129. The second kappa shape index (κ2) is 4.12. The molecule has 4 nitrogen and oxygen atoms in total. The van der Waals surface area contributed by atoms with Crippen LogP contribution in [0.4, 0.5) is 4.79 Å². The minimum Gasteiger partial charge on any atom is -0.443 e. The summed E-state index contributed by atoms with van der Waals surface area (Å²) in [5.41, 5.74) is -0.580. The van der Waals surface area contributed by atoms with Gasteiger partial charge in [-0.1, -0.05) is 28.1 Å². The fourth-order valence-corrected chi connectivity index (χ4v) is 2.78. The monoisotopic (exact) mass is 301 g/mol. The van der Waals surface area contributed by atoms with Crippen LogP contribution in [0.2, 0.25) is 0 Å². The number of rotatable bonds is 0. The predicted molar refractivity (Wildman–Crippen MR) is 66.8 cm³/mol. The smallest absolute Gasteiger partial charge is 0.417 e. The van der Waals surface area contributed by atoms with Crippen LogP contribution >= 0.6 is 15.9 Å². The third-order valence-electron chi connectivity index (χ3n) is 2.87. The van der Waals surface area contributed by atoms with Crippen LogP contribution in [0.15, 0.2) is 12.2 Å². The highest BCUT2D eigenvalue weighted by Crippen LogP contribution is 2.36. The number of alkyl halides is 1. The molecule has 2 aliphatic rings. The van der Waals surface area contributed by atoms with Gasteiger partial charge in [0.05, 0.1) is 16.8 Å². The number of fused-ring (bicyclic) bond motifs is 2. The number of ether oxygens (including phenoxy) is 1. The minimum atomic E-state index is -0.580. The second-order valence-electron chi connectivity index (χ2n) is 5.43. The molecule has 1 aliphatic heterocycles. The van der Waals surface area contributed by atoms with E-state index in [1.807, 2.05) is 12.2 Å². The summed E-state index contributed by atoms with van der Waals surface area (Å²) in [5, 5.41) is 0. The van der Waals surface area contributed by atoms with Crippen LogP contribution in [-0.2, 0) is 9.53 Å². The summed E-state index contributed by atoms with van der Waals surface area (Å²) in [6.45, 7) is 5.38. The van der Waals surface area contributed by atoms with Crippen LogP contribution in [0.3, 0.4) is 0 Å². The topological polar surface area (TPSA) is 46.6 Å². The molecular formula is C12H16BrNO3. The van der Waals surface area contributed by atoms with Gasteiger partial charge in [-0.2, -0.15) is 0 Å². The molecule has 1 saturated heterocycles. The van der Waals surface area contributed by atoms with Crippen molar-refractivity contribution in [3.05, 3.63) is 12.2 Å². The van der Waals surface area contributed by atoms with E-state index in [1.54, 1.807) is 20.8 Å². The van der Waals surface area contributed by atoms with E-state index in [-0.39, 0.29) is 22.7 Å². The van der Waals surface area contributed by atoms with Crippen LogP contribution < -0.4 is 0 Å². The van der Waals surface area contributed by atoms with Gasteiger partial charge in [0.2, 0.25) is 5.91 Å². The molecule has 0 unspecified atom stereocenters. The van der Waals surface area contributed by atoms with Gasteiger partial charge in [-0.25, -0.2) is 9.69 Å². The second-order valence-corrected chi connectivity index (χ2v) is 6.48. The lowest BCUT2D eigenvalue weighted by Gasteiger charge is -2.28. The molecular weight excluding hydrogens is 286 g/mol. The Morgan fingerprint density at radius 2 is 2.12 bits per heavy atom. The first-order valence-corrected chi connectivity index (χ1v) is 6.59. The Bertz CT molecular complexity index is 386. The summed E-state index contributed by atoms with van der Waals surface area (Å²) >= 11 is 3.47. The van der Waals surface area contributed by atoms with Crippen molar-refractivity contribution in [1.29, 1.82) is 0 Å². The molecule has 0 N–H and O–H groups in total. The molecule has 94 valence electrons. The number of carbonyl (C=O) groups excluding carboxylic acids is 2. The van der Waals surface area contributed by atoms with Crippen molar-refractivity contribution in [3.8, 4) is 0 Å². The molecule has 2 amide bonds. The van der Waals surface area contributed by atoms with Crippen molar-refractivity contribution in [2.24, 2.45) is 5.92 Å². The van der Waals surface area contributed by atoms with Gasteiger partial charge in [-0.05, 0) is 27.2 Å². The zero-order valence-electron chi connectivity index (χ0n) is 10.1. The van der Waals surface area contributed by atoms with Crippen molar-refractivity contribution >= 4 is 27.9 Å². The van der Waals surface area contributed by atoms with Crippen LogP contribution in [0.5, 0.6) is 0 Å². The van der Waals surface area contributed by atoms with E-state index in [4.69, 9.17) is 4.74 Å². The fourth-order valence-electron chi connectivity index (χ4n) is 2.15. The molecule has 0 aromatic carbocycles. The molecule has 5 heteroatoms. The zero-order chi connectivity index (χ0) is 12.8. The quantitative estimate of drug-likeness (QED) is 0.510. The summed E-state index contributed by atoms with van der Waals surface area (Å²) in [5.74, 6) is -0.316. The van der Waals surface area contributed by atoms with E-state index >= 15 is 0 Å². The number of imide groups is 1. The highest BCUT2D eigenvalue weighted by molar-refractivity contribution is 9.09. The number of amides is 2. The van der Waals surface area contributed by atoms with Crippen LogP contribution in [0, 0.1) is 5.92 Å². The lowest BCUT2D eigenvalue weighted by atomic mass is 9.97. The Labute approximate surface area is 109 Å². The van der Waals surface area contributed by atoms with E-state index in [0.29, 0.717) is 6.42 Å². The average molecular weight is 302 g/mol. The molecule has 0 aromatic rings. The summed E-state index contributed by atoms with van der Waals surface area (Å²) in [4.78, 5) is 25.3. The zero-order valence-corrected chi connectivity index (χ0v) is 11.7. The maximum atomic E-state index is 12.0. The van der Waals surface area contributed by atoms with Crippen molar-refractivity contribution in [3.63, 3.8) is 0 Å². The maximum Gasteiger partial charge on any atom is 0.417 e. The Hall–Kier alpha value is -0.840. The minimum absolute atomic E-state index is 0.0257. The average Bonchev–Trinajstić information content (AvgIpc) is 2.44. The van der Waals surface area contributed by atoms with Gasteiger partial charge >= 0.3 is 6.09 Å². The SMILES string of the molecule is CC(C)(C)OC(=O)N1C(=O)[C@H]2C=C[C@H](Br)[C@@H]1C2. The first kappa shape index (κ1) is 12.6. The number of halogens is 1. The van der Waals surface area contributed by atoms with Gasteiger partial charge in [0, 0.05) is 0 Å². The van der Waals surface area contributed by atoms with Crippen molar-refractivity contribution in [2.75, 3.05) is 0 Å².